The Morgan fingerprint density at radius 1 is 1.12 bits per heavy atom. The van der Waals surface area contributed by atoms with Gasteiger partial charge in [0, 0.05) is 29.7 Å². The van der Waals surface area contributed by atoms with Gasteiger partial charge < -0.3 is 9.64 Å². The number of ether oxygens (including phenoxy) is 1. The predicted molar refractivity (Wildman–Crippen MR) is 139 cm³/mol. The smallest absolute Gasteiger partial charge is 0.272 e. The molecule has 1 saturated heterocycles. The van der Waals surface area contributed by atoms with E-state index in [0.29, 0.717) is 49.1 Å². The summed E-state index contributed by atoms with van der Waals surface area (Å²) in [4.78, 5) is 33.8. The first kappa shape index (κ1) is 23.1. The molecule has 1 amide bonds. The SMILES string of the molecule is CC[C@@H](Sc1nc2c(sc3ccccc32)c(=O)n1CCc1ccccc1)C(=O)N1CCOCC1. The van der Waals surface area contributed by atoms with Gasteiger partial charge in [0.1, 0.15) is 4.70 Å². The van der Waals surface area contributed by atoms with Crippen molar-refractivity contribution in [2.75, 3.05) is 26.3 Å². The molecule has 176 valence electrons. The Bertz CT molecular complexity index is 1360. The van der Waals surface area contributed by atoms with E-state index in [9.17, 15) is 9.59 Å². The van der Waals surface area contributed by atoms with Gasteiger partial charge in [-0.2, -0.15) is 0 Å². The maximum absolute atomic E-state index is 13.7. The van der Waals surface area contributed by atoms with Gasteiger partial charge in [-0.15, -0.1) is 11.3 Å². The number of carbonyl (C=O) groups is 1. The zero-order chi connectivity index (χ0) is 23.5. The molecule has 2 aromatic heterocycles. The van der Waals surface area contributed by atoms with Gasteiger partial charge in [0.05, 0.1) is 24.0 Å². The Morgan fingerprint density at radius 2 is 1.85 bits per heavy atom. The quantitative estimate of drug-likeness (QED) is 0.278. The number of aromatic nitrogens is 2. The molecule has 1 aliphatic rings. The van der Waals surface area contributed by atoms with Gasteiger partial charge in [-0.25, -0.2) is 4.98 Å². The second kappa shape index (κ2) is 10.3. The molecular formula is C26H27N3O3S2. The molecule has 0 radical (unpaired) electrons. The van der Waals surface area contributed by atoms with Crippen LogP contribution in [0.5, 0.6) is 0 Å². The van der Waals surface area contributed by atoms with Gasteiger partial charge in [-0.05, 0) is 24.5 Å². The predicted octanol–water partition coefficient (Wildman–Crippen LogP) is 4.58. The number of aryl methyl sites for hydroxylation is 1. The summed E-state index contributed by atoms with van der Waals surface area (Å²) >= 11 is 2.91. The highest BCUT2D eigenvalue weighted by atomic mass is 32.2. The van der Waals surface area contributed by atoms with Crippen LogP contribution in [0.1, 0.15) is 18.9 Å². The third-order valence-electron chi connectivity index (χ3n) is 6.13. The second-order valence-corrected chi connectivity index (χ2v) is 10.5. The number of amides is 1. The molecule has 2 aromatic carbocycles. The Kier molecular flexibility index (Phi) is 6.99. The third kappa shape index (κ3) is 4.62. The van der Waals surface area contributed by atoms with Crippen molar-refractivity contribution in [3.63, 3.8) is 0 Å². The zero-order valence-electron chi connectivity index (χ0n) is 19.1. The number of nitrogens with zero attached hydrogens (tertiary/aromatic N) is 3. The van der Waals surface area contributed by atoms with Crippen LogP contribution in [0.25, 0.3) is 20.3 Å². The minimum absolute atomic E-state index is 0.0293. The van der Waals surface area contributed by atoms with Crippen LogP contribution in [-0.2, 0) is 22.5 Å². The van der Waals surface area contributed by atoms with Gasteiger partial charge in [0.25, 0.3) is 5.56 Å². The maximum atomic E-state index is 13.7. The molecule has 8 heteroatoms. The van der Waals surface area contributed by atoms with Crippen molar-refractivity contribution >= 4 is 49.3 Å². The highest BCUT2D eigenvalue weighted by molar-refractivity contribution is 8.00. The second-order valence-electron chi connectivity index (χ2n) is 8.32. The lowest BCUT2D eigenvalue weighted by Gasteiger charge is -2.30. The van der Waals surface area contributed by atoms with E-state index in [2.05, 4.69) is 12.1 Å². The van der Waals surface area contributed by atoms with Gasteiger partial charge in [0.15, 0.2) is 5.16 Å². The highest BCUT2D eigenvalue weighted by Crippen LogP contribution is 2.33. The summed E-state index contributed by atoms with van der Waals surface area (Å²) in [5, 5.41) is 1.31. The average Bonchev–Trinajstić information content (AvgIpc) is 3.26. The van der Waals surface area contributed by atoms with Crippen molar-refractivity contribution in [3.8, 4) is 0 Å². The molecule has 6 nitrogen and oxygen atoms in total. The first-order valence-corrected chi connectivity index (χ1v) is 13.3. The van der Waals surface area contributed by atoms with E-state index in [1.165, 1.54) is 28.7 Å². The van der Waals surface area contributed by atoms with Crippen LogP contribution < -0.4 is 5.56 Å². The number of benzene rings is 2. The lowest BCUT2D eigenvalue weighted by Crippen LogP contribution is -2.44. The molecule has 0 aliphatic carbocycles. The molecule has 1 aliphatic heterocycles. The fourth-order valence-electron chi connectivity index (χ4n) is 4.25. The molecule has 34 heavy (non-hydrogen) atoms. The van der Waals surface area contributed by atoms with Crippen LogP contribution in [0.2, 0.25) is 0 Å². The van der Waals surface area contributed by atoms with Gasteiger partial charge in [-0.3, -0.25) is 14.2 Å². The molecule has 5 rings (SSSR count). The molecule has 1 atom stereocenters. The monoisotopic (exact) mass is 493 g/mol. The minimum Gasteiger partial charge on any atom is -0.378 e. The molecular weight excluding hydrogens is 466 g/mol. The van der Waals surface area contributed by atoms with E-state index in [1.807, 2.05) is 54.3 Å². The minimum atomic E-state index is -0.296. The fraction of sp³-hybridized carbons (Fsp3) is 0.346. The maximum Gasteiger partial charge on any atom is 0.272 e. The Balaban J connectivity index is 1.55. The molecule has 0 saturated carbocycles. The van der Waals surface area contributed by atoms with Gasteiger partial charge in [-0.1, -0.05) is 67.2 Å². The number of hydrogen-bond acceptors (Lipinski definition) is 6. The number of morpholine rings is 1. The van der Waals surface area contributed by atoms with Gasteiger partial charge in [0.2, 0.25) is 5.91 Å². The largest absolute Gasteiger partial charge is 0.378 e. The van der Waals surface area contributed by atoms with Crippen LogP contribution in [-0.4, -0.2) is 51.9 Å². The molecule has 0 N–H and O–H groups in total. The standard InChI is InChI=1S/C26H27N3O3S2/c1-2-20(24(30)28-14-16-32-17-15-28)34-26-27-22-19-10-6-7-11-21(19)33-23(22)25(31)29(26)13-12-18-8-4-3-5-9-18/h3-11,20H,2,12-17H2,1H3/t20-/m1/s1. The normalized spacial score (nSPS) is 15.1. The molecule has 1 fully saturated rings. The topological polar surface area (TPSA) is 64.4 Å². The highest BCUT2D eigenvalue weighted by Gasteiger charge is 2.28. The first-order chi connectivity index (χ1) is 16.7. The van der Waals surface area contributed by atoms with Crippen molar-refractivity contribution in [1.82, 2.24) is 14.5 Å². The van der Waals surface area contributed by atoms with Crippen LogP contribution >= 0.6 is 23.1 Å². The Labute approximate surface area is 206 Å². The lowest BCUT2D eigenvalue weighted by atomic mass is 10.1. The van der Waals surface area contributed by atoms with E-state index in [0.717, 1.165) is 22.0 Å². The first-order valence-electron chi connectivity index (χ1n) is 11.6. The van der Waals surface area contributed by atoms with Crippen molar-refractivity contribution in [2.24, 2.45) is 0 Å². The Hall–Kier alpha value is -2.68. The third-order valence-corrected chi connectivity index (χ3v) is 8.62. The van der Waals surface area contributed by atoms with Crippen LogP contribution in [0.15, 0.2) is 64.5 Å². The summed E-state index contributed by atoms with van der Waals surface area (Å²) in [5.74, 6) is 0.0925. The number of fused-ring (bicyclic) bond motifs is 3. The van der Waals surface area contributed by atoms with Crippen LogP contribution in [0.4, 0.5) is 0 Å². The summed E-state index contributed by atoms with van der Waals surface area (Å²) in [6.45, 7) is 4.89. The Morgan fingerprint density at radius 3 is 2.62 bits per heavy atom. The zero-order valence-corrected chi connectivity index (χ0v) is 20.7. The van der Waals surface area contributed by atoms with Crippen molar-refractivity contribution in [1.29, 1.82) is 0 Å². The summed E-state index contributed by atoms with van der Waals surface area (Å²) < 4.78 is 8.91. The summed E-state index contributed by atoms with van der Waals surface area (Å²) in [7, 11) is 0. The fourth-order valence-corrected chi connectivity index (χ4v) is 6.46. The van der Waals surface area contributed by atoms with Crippen molar-refractivity contribution in [2.45, 2.75) is 36.7 Å². The molecule has 3 heterocycles. The summed E-state index contributed by atoms with van der Waals surface area (Å²) in [5.41, 5.74) is 1.87. The number of hydrogen-bond donors (Lipinski definition) is 0. The summed E-state index contributed by atoms with van der Waals surface area (Å²) in [6.07, 6.45) is 1.39. The molecule has 0 unspecified atom stereocenters. The van der Waals surface area contributed by atoms with Gasteiger partial charge >= 0.3 is 0 Å². The van der Waals surface area contributed by atoms with E-state index in [-0.39, 0.29) is 16.7 Å². The summed E-state index contributed by atoms with van der Waals surface area (Å²) in [6, 6.07) is 18.1. The van der Waals surface area contributed by atoms with Crippen LogP contribution in [0, 0.1) is 0 Å². The van der Waals surface area contributed by atoms with E-state index in [4.69, 9.17) is 9.72 Å². The number of carbonyl (C=O) groups excluding carboxylic acids is 1. The number of thioether (sulfide) groups is 1. The average molecular weight is 494 g/mol. The van der Waals surface area contributed by atoms with Crippen molar-refractivity contribution in [3.05, 3.63) is 70.5 Å². The molecule has 0 spiro atoms. The van der Waals surface area contributed by atoms with E-state index in [1.54, 1.807) is 4.57 Å². The molecule has 0 bridgehead atoms. The van der Waals surface area contributed by atoms with Crippen LogP contribution in [0.3, 0.4) is 0 Å². The van der Waals surface area contributed by atoms with Crippen molar-refractivity contribution < 1.29 is 9.53 Å². The molecule has 4 aromatic rings. The van der Waals surface area contributed by atoms with E-state index < -0.39 is 0 Å². The van der Waals surface area contributed by atoms with E-state index >= 15 is 0 Å². The number of thiophene rings is 1. The number of rotatable bonds is 7. The lowest BCUT2D eigenvalue weighted by molar-refractivity contribution is -0.134.